The van der Waals surface area contributed by atoms with E-state index in [1.807, 2.05) is 0 Å². The van der Waals surface area contributed by atoms with Crippen LogP contribution in [0.1, 0.15) is 12.5 Å². The summed E-state index contributed by atoms with van der Waals surface area (Å²) >= 11 is 4.86. The van der Waals surface area contributed by atoms with Crippen molar-refractivity contribution in [2.45, 2.75) is 18.1 Å². The van der Waals surface area contributed by atoms with Crippen molar-refractivity contribution in [3.8, 4) is 5.95 Å². The third-order valence-corrected chi connectivity index (χ3v) is 5.93. The number of hydrogen-bond acceptors (Lipinski definition) is 4. The zero-order valence-corrected chi connectivity index (χ0v) is 16.2. The Bertz CT molecular complexity index is 1200. The van der Waals surface area contributed by atoms with Crippen molar-refractivity contribution in [3.05, 3.63) is 41.0 Å². The van der Waals surface area contributed by atoms with Crippen molar-refractivity contribution in [1.29, 1.82) is 0 Å². The summed E-state index contributed by atoms with van der Waals surface area (Å²) in [7, 11) is 1.61. The van der Waals surface area contributed by atoms with Gasteiger partial charge < -0.3 is 4.55 Å². The van der Waals surface area contributed by atoms with Crippen molar-refractivity contribution in [2.75, 3.05) is 5.75 Å². The Labute approximate surface area is 165 Å². The normalized spacial score (nSPS) is 13.5. The summed E-state index contributed by atoms with van der Waals surface area (Å²) in [5.74, 6) is 0.512. The third-order valence-electron chi connectivity index (χ3n) is 4.29. The van der Waals surface area contributed by atoms with Gasteiger partial charge in [0.15, 0.2) is 5.65 Å². The van der Waals surface area contributed by atoms with E-state index in [9.17, 15) is 17.7 Å². The molecule has 0 fully saturated rings. The maximum absolute atomic E-state index is 13.0. The van der Waals surface area contributed by atoms with E-state index in [1.165, 1.54) is 9.25 Å². The van der Waals surface area contributed by atoms with Crippen LogP contribution < -0.4 is 0 Å². The lowest BCUT2D eigenvalue weighted by molar-refractivity contribution is -0.137. The Morgan fingerprint density at radius 3 is 2.68 bits per heavy atom. The third kappa shape index (κ3) is 2.92. The van der Waals surface area contributed by atoms with E-state index in [-0.39, 0.29) is 17.1 Å². The molecule has 0 aliphatic heterocycles. The molecule has 146 valence electrons. The molecular weight excluding hydrogens is 415 g/mol. The predicted molar refractivity (Wildman–Crippen MR) is 100 cm³/mol. The maximum atomic E-state index is 13.0. The quantitative estimate of drug-likeness (QED) is 0.461. The number of imidazole rings is 1. The van der Waals surface area contributed by atoms with Gasteiger partial charge in [0.05, 0.1) is 21.5 Å². The molecule has 0 amide bonds. The fraction of sp³-hybridized carbons (Fsp3) is 0.235. The molecule has 0 radical (unpaired) electrons. The largest absolute Gasteiger partial charge is 0.610 e. The first kappa shape index (κ1) is 19.0. The van der Waals surface area contributed by atoms with Gasteiger partial charge in [0.2, 0.25) is 5.95 Å². The highest BCUT2D eigenvalue weighted by Gasteiger charge is 2.32. The molecule has 11 heteroatoms. The molecule has 3 aromatic heterocycles. The lowest BCUT2D eigenvalue weighted by Crippen LogP contribution is -2.14. The van der Waals surface area contributed by atoms with E-state index in [0.717, 1.165) is 12.3 Å². The lowest BCUT2D eigenvalue weighted by Gasteiger charge is -2.10. The minimum absolute atomic E-state index is 0.0613. The summed E-state index contributed by atoms with van der Waals surface area (Å²) in [5.41, 5.74) is -0.0657. The van der Waals surface area contributed by atoms with Gasteiger partial charge in [-0.25, -0.2) is 9.97 Å². The fourth-order valence-electron chi connectivity index (χ4n) is 2.96. The summed E-state index contributed by atoms with van der Waals surface area (Å²) in [6, 6.07) is 6.03. The monoisotopic (exact) mass is 427 g/mol. The Kier molecular flexibility index (Phi) is 4.52. The first-order chi connectivity index (χ1) is 13.2. The molecule has 0 bridgehead atoms. The molecule has 3 heterocycles. The second kappa shape index (κ2) is 6.64. The molecule has 0 aliphatic carbocycles. The standard InChI is InChI=1S/C17H13ClF3N5OS/c1-3-28(27)15-13-10(18)5-4-6-11(13)24-26(15)16-23-12-7-9(17(19,20)21)8-22-14(12)25(16)2/h4-8H,3H2,1-2H3. The number of fused-ring (bicyclic) bond motifs is 2. The number of rotatable bonds is 3. The average Bonchev–Trinajstić information content (AvgIpc) is 3.19. The minimum Gasteiger partial charge on any atom is -0.610 e. The molecule has 0 aliphatic rings. The van der Waals surface area contributed by atoms with Crippen molar-refractivity contribution in [2.24, 2.45) is 7.05 Å². The highest BCUT2D eigenvalue weighted by atomic mass is 35.5. The number of aryl methyl sites for hydroxylation is 1. The van der Waals surface area contributed by atoms with E-state index in [1.54, 1.807) is 32.2 Å². The molecule has 0 saturated heterocycles. The molecule has 1 aromatic carbocycles. The number of hydrogen-bond donors (Lipinski definition) is 0. The van der Waals surface area contributed by atoms with Crippen LogP contribution in [-0.4, -0.2) is 34.6 Å². The molecule has 4 aromatic rings. The second-order valence-corrected chi connectivity index (χ2v) is 8.08. The van der Waals surface area contributed by atoms with Crippen LogP contribution in [0.4, 0.5) is 13.2 Å². The molecule has 0 saturated carbocycles. The van der Waals surface area contributed by atoms with E-state index >= 15 is 0 Å². The SMILES string of the molecule is CC[S+]([O-])c1c2c(Cl)cccc2nn1-c1nc2cc(C(F)(F)F)cnc2n1C. The van der Waals surface area contributed by atoms with Crippen molar-refractivity contribution < 1.29 is 17.7 Å². The van der Waals surface area contributed by atoms with Crippen molar-refractivity contribution >= 4 is 44.8 Å². The van der Waals surface area contributed by atoms with E-state index in [0.29, 0.717) is 26.7 Å². The molecular formula is C17H13ClF3N5OS. The highest BCUT2D eigenvalue weighted by Crippen LogP contribution is 2.34. The summed E-state index contributed by atoms with van der Waals surface area (Å²) in [6.45, 7) is 1.75. The van der Waals surface area contributed by atoms with E-state index in [2.05, 4.69) is 15.1 Å². The molecule has 4 rings (SSSR count). The van der Waals surface area contributed by atoms with Crippen LogP contribution in [0, 0.1) is 0 Å². The van der Waals surface area contributed by atoms with Crippen molar-refractivity contribution in [3.63, 3.8) is 0 Å². The fourth-order valence-corrected chi connectivity index (χ4v) is 4.30. The number of pyridine rings is 1. The molecule has 0 spiro atoms. The van der Waals surface area contributed by atoms with Gasteiger partial charge in [-0.1, -0.05) is 17.7 Å². The van der Waals surface area contributed by atoms with Gasteiger partial charge in [-0.15, -0.1) is 0 Å². The number of benzene rings is 1. The maximum Gasteiger partial charge on any atom is 0.417 e. The second-order valence-electron chi connectivity index (χ2n) is 6.02. The van der Waals surface area contributed by atoms with Gasteiger partial charge in [0, 0.05) is 24.4 Å². The first-order valence-corrected chi connectivity index (χ1v) is 9.87. The van der Waals surface area contributed by atoms with Gasteiger partial charge in [0.25, 0.3) is 5.03 Å². The van der Waals surface area contributed by atoms with Crippen LogP contribution in [0.3, 0.4) is 0 Å². The Morgan fingerprint density at radius 1 is 1.25 bits per heavy atom. The van der Waals surface area contributed by atoms with Gasteiger partial charge in [-0.3, -0.25) is 4.57 Å². The zero-order chi connectivity index (χ0) is 20.2. The summed E-state index contributed by atoms with van der Waals surface area (Å²) in [6.07, 6.45) is -3.77. The topological polar surface area (TPSA) is 71.6 Å². The molecule has 1 unspecified atom stereocenters. The molecule has 1 atom stereocenters. The number of halogens is 4. The minimum atomic E-state index is -4.53. The van der Waals surface area contributed by atoms with Crippen LogP contribution in [0.25, 0.3) is 28.0 Å². The van der Waals surface area contributed by atoms with Gasteiger partial charge in [-0.2, -0.15) is 23.0 Å². The van der Waals surface area contributed by atoms with Crippen LogP contribution in [0.2, 0.25) is 5.02 Å². The first-order valence-electron chi connectivity index (χ1n) is 8.18. The Morgan fingerprint density at radius 2 is 2.00 bits per heavy atom. The summed E-state index contributed by atoms with van der Waals surface area (Å²) in [4.78, 5) is 8.18. The lowest BCUT2D eigenvalue weighted by atomic mass is 10.2. The average molecular weight is 428 g/mol. The van der Waals surface area contributed by atoms with Gasteiger partial charge in [-0.05, 0) is 25.1 Å². The number of nitrogens with zero attached hydrogens (tertiary/aromatic N) is 5. The van der Waals surface area contributed by atoms with Crippen LogP contribution in [0.15, 0.2) is 35.5 Å². The van der Waals surface area contributed by atoms with E-state index in [4.69, 9.17) is 11.6 Å². The number of aromatic nitrogens is 5. The van der Waals surface area contributed by atoms with Crippen molar-refractivity contribution in [1.82, 2.24) is 24.3 Å². The highest BCUT2D eigenvalue weighted by molar-refractivity contribution is 7.91. The summed E-state index contributed by atoms with van der Waals surface area (Å²) < 4.78 is 54.6. The Balaban J connectivity index is 2.01. The molecule has 6 nitrogen and oxygen atoms in total. The predicted octanol–water partition coefficient (Wildman–Crippen LogP) is 4.11. The smallest absolute Gasteiger partial charge is 0.417 e. The molecule has 0 N–H and O–H groups in total. The van der Waals surface area contributed by atoms with Gasteiger partial charge in [0.1, 0.15) is 11.3 Å². The zero-order valence-electron chi connectivity index (χ0n) is 14.7. The van der Waals surface area contributed by atoms with Crippen LogP contribution >= 0.6 is 11.6 Å². The Hall–Kier alpha value is -2.30. The molecule has 28 heavy (non-hydrogen) atoms. The van der Waals surface area contributed by atoms with E-state index < -0.39 is 22.9 Å². The summed E-state index contributed by atoms with van der Waals surface area (Å²) in [5, 5.41) is 5.70. The van der Waals surface area contributed by atoms with Gasteiger partial charge >= 0.3 is 6.18 Å². The van der Waals surface area contributed by atoms with Crippen LogP contribution in [0.5, 0.6) is 0 Å². The number of alkyl halides is 3. The van der Waals surface area contributed by atoms with Crippen LogP contribution in [-0.2, 0) is 24.4 Å².